The van der Waals surface area contributed by atoms with Gasteiger partial charge in [0.2, 0.25) is 0 Å². The van der Waals surface area contributed by atoms with Crippen LogP contribution in [0.5, 0.6) is 0 Å². The molecule has 2 rings (SSSR count). The molecule has 3 heteroatoms. The highest BCUT2D eigenvalue weighted by Gasteiger charge is 2.25. The molecule has 2 heterocycles. The van der Waals surface area contributed by atoms with Crippen LogP contribution < -0.4 is 5.32 Å². The van der Waals surface area contributed by atoms with Crippen LogP contribution in [0.3, 0.4) is 0 Å². The summed E-state index contributed by atoms with van der Waals surface area (Å²) in [5, 5.41) is 13.6. The fourth-order valence-electron chi connectivity index (χ4n) is 2.20. The molecule has 1 saturated heterocycles. The topological polar surface area (TPSA) is 45.4 Å². The van der Waals surface area contributed by atoms with Crippen molar-refractivity contribution >= 4 is 0 Å². The minimum absolute atomic E-state index is 0.150. The third kappa shape index (κ3) is 2.41. The lowest BCUT2D eigenvalue weighted by Gasteiger charge is -2.21. The average Bonchev–Trinajstić information content (AvgIpc) is 2.53. The van der Waals surface area contributed by atoms with Crippen molar-refractivity contribution in [3.8, 4) is 0 Å². The second-order valence-corrected chi connectivity index (χ2v) is 4.32. The summed E-state index contributed by atoms with van der Waals surface area (Å²) in [5.74, 6) is 0.717. The van der Waals surface area contributed by atoms with Gasteiger partial charge >= 0.3 is 0 Å². The highest BCUT2D eigenvalue weighted by molar-refractivity contribution is 5.18. The Bertz CT molecular complexity index is 300. The van der Waals surface area contributed by atoms with Gasteiger partial charge in [0.1, 0.15) is 11.9 Å². The first-order valence-corrected chi connectivity index (χ1v) is 5.74. The van der Waals surface area contributed by atoms with Gasteiger partial charge in [0.15, 0.2) is 0 Å². The monoisotopic (exact) mass is 209 g/mol. The Labute approximate surface area is 90.5 Å². The number of rotatable bonds is 2. The Balaban J connectivity index is 2.06. The van der Waals surface area contributed by atoms with Crippen LogP contribution in [0.4, 0.5) is 0 Å². The highest BCUT2D eigenvalue weighted by Crippen LogP contribution is 2.25. The normalized spacial score (nSPS) is 24.8. The van der Waals surface area contributed by atoms with Gasteiger partial charge in [0, 0.05) is 6.04 Å². The Morgan fingerprint density at radius 2 is 2.33 bits per heavy atom. The number of aliphatic hydroxyl groups excluding tert-OH is 1. The van der Waals surface area contributed by atoms with Gasteiger partial charge < -0.3 is 14.8 Å². The van der Waals surface area contributed by atoms with Gasteiger partial charge in [-0.05, 0) is 37.9 Å². The third-order valence-electron chi connectivity index (χ3n) is 3.15. The maximum Gasteiger partial charge on any atom is 0.136 e. The summed E-state index contributed by atoms with van der Waals surface area (Å²) in [6, 6.07) is 2.05. The molecule has 1 fully saturated rings. The van der Waals surface area contributed by atoms with E-state index in [-0.39, 0.29) is 6.04 Å². The van der Waals surface area contributed by atoms with E-state index >= 15 is 0 Å². The molecule has 0 amide bonds. The van der Waals surface area contributed by atoms with Gasteiger partial charge in [-0.2, -0.15) is 0 Å². The van der Waals surface area contributed by atoms with Crippen LogP contribution in [0.2, 0.25) is 0 Å². The Hall–Kier alpha value is -0.800. The molecule has 0 spiro atoms. The lowest BCUT2D eigenvalue weighted by atomic mass is 10.0. The molecule has 3 nitrogen and oxygen atoms in total. The molecule has 0 aliphatic carbocycles. The smallest absolute Gasteiger partial charge is 0.136 e. The van der Waals surface area contributed by atoms with E-state index in [0.29, 0.717) is 0 Å². The van der Waals surface area contributed by atoms with E-state index in [1.807, 2.05) is 13.0 Å². The van der Waals surface area contributed by atoms with Gasteiger partial charge in [0.25, 0.3) is 0 Å². The van der Waals surface area contributed by atoms with Gasteiger partial charge in [-0.1, -0.05) is 12.8 Å². The van der Waals surface area contributed by atoms with Crippen LogP contribution in [-0.2, 0) is 0 Å². The van der Waals surface area contributed by atoms with Crippen molar-refractivity contribution in [3.63, 3.8) is 0 Å². The summed E-state index contributed by atoms with van der Waals surface area (Å²) >= 11 is 0. The summed E-state index contributed by atoms with van der Waals surface area (Å²) in [5.41, 5.74) is 1.04. The molecule has 0 radical (unpaired) electrons. The van der Waals surface area contributed by atoms with Crippen LogP contribution in [-0.4, -0.2) is 17.7 Å². The minimum atomic E-state index is -0.502. The summed E-state index contributed by atoms with van der Waals surface area (Å²) < 4.78 is 5.33. The van der Waals surface area contributed by atoms with E-state index in [0.717, 1.165) is 24.3 Å². The average molecular weight is 209 g/mol. The molecule has 2 N–H and O–H groups in total. The SMILES string of the molecule is Cc1ccoc1C(O)C1CCCCCN1. The van der Waals surface area contributed by atoms with Gasteiger partial charge in [-0.25, -0.2) is 0 Å². The molecule has 1 aliphatic heterocycles. The van der Waals surface area contributed by atoms with Crippen molar-refractivity contribution in [3.05, 3.63) is 23.7 Å². The number of aliphatic hydroxyl groups is 1. The standard InChI is InChI=1S/C12H19NO2/c1-9-6-8-15-12(9)11(14)10-5-3-2-4-7-13-10/h6,8,10-11,13-14H,2-5,7H2,1H3. The first kappa shape index (κ1) is 10.7. The molecule has 15 heavy (non-hydrogen) atoms. The summed E-state index contributed by atoms with van der Waals surface area (Å²) in [6.07, 6.45) is 5.83. The zero-order valence-corrected chi connectivity index (χ0v) is 9.20. The van der Waals surface area contributed by atoms with Crippen LogP contribution >= 0.6 is 0 Å². The lowest BCUT2D eigenvalue weighted by Crippen LogP contribution is -2.34. The predicted molar refractivity (Wildman–Crippen MR) is 58.7 cm³/mol. The second-order valence-electron chi connectivity index (χ2n) is 4.32. The lowest BCUT2D eigenvalue weighted by molar-refractivity contribution is 0.102. The Morgan fingerprint density at radius 1 is 1.47 bits per heavy atom. The van der Waals surface area contributed by atoms with Crippen molar-refractivity contribution in [2.45, 2.75) is 44.8 Å². The summed E-state index contributed by atoms with van der Waals surface area (Å²) in [4.78, 5) is 0. The van der Waals surface area contributed by atoms with E-state index in [2.05, 4.69) is 5.32 Å². The van der Waals surface area contributed by atoms with Crippen LogP contribution in [0.1, 0.15) is 43.1 Å². The Kier molecular flexibility index (Phi) is 3.44. The fraction of sp³-hybridized carbons (Fsp3) is 0.667. The molecule has 0 saturated carbocycles. The molecule has 84 valence electrons. The molecular weight excluding hydrogens is 190 g/mol. The first-order chi connectivity index (χ1) is 7.29. The highest BCUT2D eigenvalue weighted by atomic mass is 16.4. The number of hydrogen-bond donors (Lipinski definition) is 2. The maximum atomic E-state index is 10.2. The number of furan rings is 1. The zero-order chi connectivity index (χ0) is 10.7. The molecule has 2 unspecified atom stereocenters. The number of aryl methyl sites for hydroxylation is 1. The van der Waals surface area contributed by atoms with Crippen molar-refractivity contribution < 1.29 is 9.52 Å². The third-order valence-corrected chi connectivity index (χ3v) is 3.15. The van der Waals surface area contributed by atoms with Crippen LogP contribution in [0, 0.1) is 6.92 Å². The molecule has 1 aliphatic rings. The number of nitrogens with one attached hydrogen (secondary N) is 1. The van der Waals surface area contributed by atoms with Gasteiger partial charge in [-0.3, -0.25) is 0 Å². The molecule has 2 atom stereocenters. The van der Waals surface area contributed by atoms with Crippen molar-refractivity contribution in [2.24, 2.45) is 0 Å². The molecule has 0 aromatic carbocycles. The van der Waals surface area contributed by atoms with E-state index in [9.17, 15) is 5.11 Å². The van der Waals surface area contributed by atoms with Crippen molar-refractivity contribution in [1.82, 2.24) is 5.32 Å². The molecule has 1 aromatic heterocycles. The van der Waals surface area contributed by atoms with E-state index in [4.69, 9.17) is 4.42 Å². The second kappa shape index (κ2) is 4.81. The fourth-order valence-corrected chi connectivity index (χ4v) is 2.20. The van der Waals surface area contributed by atoms with Crippen molar-refractivity contribution in [2.75, 3.05) is 6.54 Å². The summed E-state index contributed by atoms with van der Waals surface area (Å²) in [7, 11) is 0. The van der Waals surface area contributed by atoms with Crippen LogP contribution in [0.15, 0.2) is 16.7 Å². The molecule has 0 bridgehead atoms. The first-order valence-electron chi connectivity index (χ1n) is 5.74. The maximum absolute atomic E-state index is 10.2. The Morgan fingerprint density at radius 3 is 3.07 bits per heavy atom. The van der Waals surface area contributed by atoms with E-state index in [1.54, 1.807) is 6.26 Å². The van der Waals surface area contributed by atoms with E-state index < -0.39 is 6.10 Å². The van der Waals surface area contributed by atoms with Gasteiger partial charge in [-0.15, -0.1) is 0 Å². The van der Waals surface area contributed by atoms with E-state index in [1.165, 1.54) is 19.3 Å². The quantitative estimate of drug-likeness (QED) is 0.784. The largest absolute Gasteiger partial charge is 0.466 e. The molecule has 1 aromatic rings. The minimum Gasteiger partial charge on any atom is -0.466 e. The van der Waals surface area contributed by atoms with Crippen molar-refractivity contribution in [1.29, 1.82) is 0 Å². The zero-order valence-electron chi connectivity index (χ0n) is 9.20. The van der Waals surface area contributed by atoms with Gasteiger partial charge in [0.05, 0.1) is 6.26 Å². The van der Waals surface area contributed by atoms with Crippen LogP contribution in [0.25, 0.3) is 0 Å². The summed E-state index contributed by atoms with van der Waals surface area (Å²) in [6.45, 7) is 2.97. The predicted octanol–water partition coefficient (Wildman–Crippen LogP) is 2.15. The number of hydrogen-bond acceptors (Lipinski definition) is 3. The molecular formula is C12H19NO2.